The number of benzene rings is 1. The van der Waals surface area contributed by atoms with Gasteiger partial charge in [-0.3, -0.25) is 9.69 Å². The molecule has 1 N–H and O–H groups in total. The Morgan fingerprint density at radius 3 is 3.14 bits per heavy atom. The summed E-state index contributed by atoms with van der Waals surface area (Å²) in [5.41, 5.74) is 3.16. The van der Waals surface area contributed by atoms with Gasteiger partial charge in [-0.1, -0.05) is 18.2 Å². The molecule has 0 bridgehead atoms. The predicted molar refractivity (Wildman–Crippen MR) is 89.2 cm³/mol. The van der Waals surface area contributed by atoms with Crippen LogP contribution in [0.25, 0.3) is 10.1 Å². The van der Waals surface area contributed by atoms with E-state index in [1.54, 1.807) is 11.3 Å². The molecule has 1 aromatic carbocycles. The summed E-state index contributed by atoms with van der Waals surface area (Å²) in [7, 11) is 0. The summed E-state index contributed by atoms with van der Waals surface area (Å²) in [4.78, 5) is 21.8. The number of aromatic nitrogens is 2. The molecule has 5 heteroatoms. The standard InChI is InChI=1S/C17H17N3OS/c1-11-18-15-6-7-20(9-14(15)17(21)19-11)8-12-10-22-16-5-3-2-4-13(12)16/h2-5,10H,6-9H2,1H3,(H,18,19,21). The number of hydrogen-bond acceptors (Lipinski definition) is 4. The van der Waals surface area contributed by atoms with Gasteiger partial charge in [0.1, 0.15) is 5.82 Å². The molecule has 0 atom stereocenters. The Morgan fingerprint density at radius 2 is 2.23 bits per heavy atom. The van der Waals surface area contributed by atoms with Crippen molar-refractivity contribution in [2.45, 2.75) is 26.4 Å². The van der Waals surface area contributed by atoms with Crippen molar-refractivity contribution in [1.82, 2.24) is 14.9 Å². The largest absolute Gasteiger partial charge is 0.310 e. The third-order valence-electron chi connectivity index (χ3n) is 4.22. The molecule has 4 rings (SSSR count). The van der Waals surface area contributed by atoms with Gasteiger partial charge >= 0.3 is 0 Å². The second kappa shape index (κ2) is 5.34. The van der Waals surface area contributed by atoms with E-state index >= 15 is 0 Å². The molecular formula is C17H17N3OS. The van der Waals surface area contributed by atoms with E-state index in [1.807, 2.05) is 6.92 Å². The maximum absolute atomic E-state index is 12.1. The van der Waals surface area contributed by atoms with Gasteiger partial charge < -0.3 is 4.98 Å². The maximum Gasteiger partial charge on any atom is 0.255 e. The van der Waals surface area contributed by atoms with Crippen LogP contribution < -0.4 is 5.56 Å². The molecule has 4 nitrogen and oxygen atoms in total. The minimum absolute atomic E-state index is 0.0161. The van der Waals surface area contributed by atoms with Gasteiger partial charge in [-0.05, 0) is 29.3 Å². The Bertz CT molecular complexity index is 896. The van der Waals surface area contributed by atoms with Crippen LogP contribution in [0, 0.1) is 6.92 Å². The first-order valence-electron chi connectivity index (χ1n) is 7.47. The first-order valence-corrected chi connectivity index (χ1v) is 8.35. The third-order valence-corrected chi connectivity index (χ3v) is 5.23. The van der Waals surface area contributed by atoms with Crippen LogP contribution in [0.3, 0.4) is 0 Å². The maximum atomic E-state index is 12.1. The Balaban J connectivity index is 1.62. The minimum atomic E-state index is 0.0161. The highest BCUT2D eigenvalue weighted by atomic mass is 32.1. The van der Waals surface area contributed by atoms with Gasteiger partial charge in [-0.15, -0.1) is 11.3 Å². The van der Waals surface area contributed by atoms with Crippen LogP contribution in [0.1, 0.15) is 22.6 Å². The topological polar surface area (TPSA) is 49.0 Å². The molecule has 3 aromatic rings. The van der Waals surface area contributed by atoms with E-state index in [9.17, 15) is 4.79 Å². The third kappa shape index (κ3) is 2.36. The first-order chi connectivity index (χ1) is 10.7. The summed E-state index contributed by atoms with van der Waals surface area (Å²) >= 11 is 1.79. The smallest absolute Gasteiger partial charge is 0.255 e. The summed E-state index contributed by atoms with van der Waals surface area (Å²) < 4.78 is 1.32. The van der Waals surface area contributed by atoms with Crippen LogP contribution in [-0.4, -0.2) is 21.4 Å². The molecule has 0 fully saturated rings. The number of H-pyrrole nitrogens is 1. The van der Waals surface area contributed by atoms with E-state index in [-0.39, 0.29) is 5.56 Å². The molecule has 3 heterocycles. The van der Waals surface area contributed by atoms with E-state index < -0.39 is 0 Å². The van der Waals surface area contributed by atoms with Gasteiger partial charge in [0.2, 0.25) is 0 Å². The summed E-state index contributed by atoms with van der Waals surface area (Å²) in [5, 5.41) is 3.56. The van der Waals surface area contributed by atoms with E-state index in [0.717, 1.165) is 30.8 Å². The lowest BCUT2D eigenvalue weighted by Crippen LogP contribution is -2.35. The quantitative estimate of drug-likeness (QED) is 0.792. The molecule has 112 valence electrons. The predicted octanol–water partition coefficient (Wildman–Crippen LogP) is 2.85. The van der Waals surface area contributed by atoms with Crippen LogP contribution in [0.5, 0.6) is 0 Å². The Labute approximate surface area is 132 Å². The normalized spacial score (nSPS) is 15.1. The second-order valence-corrected chi connectivity index (χ2v) is 6.71. The fourth-order valence-electron chi connectivity index (χ4n) is 3.14. The van der Waals surface area contributed by atoms with Gasteiger partial charge in [0.05, 0.1) is 11.3 Å². The molecule has 0 amide bonds. The van der Waals surface area contributed by atoms with E-state index in [1.165, 1.54) is 15.6 Å². The number of fused-ring (bicyclic) bond motifs is 2. The van der Waals surface area contributed by atoms with Gasteiger partial charge in [-0.25, -0.2) is 4.98 Å². The monoisotopic (exact) mass is 311 g/mol. The van der Waals surface area contributed by atoms with E-state index in [2.05, 4.69) is 44.5 Å². The highest BCUT2D eigenvalue weighted by Gasteiger charge is 2.21. The number of thiophene rings is 1. The lowest BCUT2D eigenvalue weighted by molar-refractivity contribution is 0.242. The van der Waals surface area contributed by atoms with Crippen molar-refractivity contribution >= 4 is 21.4 Å². The van der Waals surface area contributed by atoms with Crippen LogP contribution >= 0.6 is 11.3 Å². The molecule has 1 aliphatic heterocycles. The fourth-order valence-corrected chi connectivity index (χ4v) is 4.09. The molecule has 0 aliphatic carbocycles. The number of nitrogens with zero attached hydrogens (tertiary/aromatic N) is 2. The van der Waals surface area contributed by atoms with Crippen molar-refractivity contribution < 1.29 is 0 Å². The van der Waals surface area contributed by atoms with Crippen molar-refractivity contribution in [3.05, 3.63) is 62.6 Å². The Hall–Kier alpha value is -1.98. The Kier molecular flexibility index (Phi) is 3.32. The van der Waals surface area contributed by atoms with Gasteiger partial charge in [0.15, 0.2) is 0 Å². The molecule has 0 saturated heterocycles. The van der Waals surface area contributed by atoms with Crippen LogP contribution in [-0.2, 0) is 19.5 Å². The molecule has 0 radical (unpaired) electrons. The average molecular weight is 311 g/mol. The molecule has 0 unspecified atom stereocenters. The SMILES string of the molecule is Cc1nc2c(c(=O)[nH]1)CN(Cc1csc3ccccc13)CC2. The molecule has 0 saturated carbocycles. The first kappa shape index (κ1) is 13.7. The number of aromatic amines is 1. The second-order valence-electron chi connectivity index (χ2n) is 5.79. The van der Waals surface area contributed by atoms with Crippen molar-refractivity contribution in [2.75, 3.05) is 6.54 Å². The van der Waals surface area contributed by atoms with Crippen LogP contribution in [0.2, 0.25) is 0 Å². The summed E-state index contributed by atoms with van der Waals surface area (Å²) in [6, 6.07) is 8.50. The number of nitrogens with one attached hydrogen (secondary N) is 1. The average Bonchev–Trinajstić information content (AvgIpc) is 2.91. The lowest BCUT2D eigenvalue weighted by atomic mass is 10.1. The van der Waals surface area contributed by atoms with Crippen molar-refractivity contribution in [1.29, 1.82) is 0 Å². The van der Waals surface area contributed by atoms with Crippen LogP contribution in [0.15, 0.2) is 34.4 Å². The molecular weight excluding hydrogens is 294 g/mol. The summed E-state index contributed by atoms with van der Waals surface area (Å²) in [6.07, 6.45) is 0.849. The zero-order valence-electron chi connectivity index (χ0n) is 12.4. The molecule has 22 heavy (non-hydrogen) atoms. The molecule has 0 spiro atoms. The number of hydrogen-bond donors (Lipinski definition) is 1. The highest BCUT2D eigenvalue weighted by Crippen LogP contribution is 2.27. The van der Waals surface area contributed by atoms with Gasteiger partial charge in [0, 0.05) is 30.8 Å². The minimum Gasteiger partial charge on any atom is -0.310 e. The molecule has 2 aromatic heterocycles. The fraction of sp³-hybridized carbons (Fsp3) is 0.294. The highest BCUT2D eigenvalue weighted by molar-refractivity contribution is 7.17. The van der Waals surface area contributed by atoms with Gasteiger partial charge in [-0.2, -0.15) is 0 Å². The number of aryl methyl sites for hydroxylation is 1. The molecule has 1 aliphatic rings. The van der Waals surface area contributed by atoms with Crippen LogP contribution in [0.4, 0.5) is 0 Å². The number of rotatable bonds is 2. The Morgan fingerprint density at radius 1 is 1.36 bits per heavy atom. The van der Waals surface area contributed by atoms with E-state index in [0.29, 0.717) is 12.4 Å². The zero-order chi connectivity index (χ0) is 15.1. The summed E-state index contributed by atoms with van der Waals surface area (Å²) in [5.74, 6) is 0.709. The van der Waals surface area contributed by atoms with Gasteiger partial charge in [0.25, 0.3) is 5.56 Å². The van der Waals surface area contributed by atoms with E-state index in [4.69, 9.17) is 0 Å². The van der Waals surface area contributed by atoms with Crippen molar-refractivity contribution in [3.63, 3.8) is 0 Å². The van der Waals surface area contributed by atoms with Crippen molar-refractivity contribution in [2.24, 2.45) is 0 Å². The lowest BCUT2D eigenvalue weighted by Gasteiger charge is -2.27. The van der Waals surface area contributed by atoms with Crippen molar-refractivity contribution in [3.8, 4) is 0 Å². The zero-order valence-corrected chi connectivity index (χ0v) is 13.2. The summed E-state index contributed by atoms with van der Waals surface area (Å²) in [6.45, 7) is 4.36.